The molecule has 2 heterocycles. The number of hydrogen-bond acceptors (Lipinski definition) is 4. The molecule has 4 heteroatoms. The molecule has 0 radical (unpaired) electrons. The molecule has 0 saturated heterocycles. The van der Waals surface area contributed by atoms with E-state index in [4.69, 9.17) is 15.0 Å². The normalized spacial score (nSPS) is 11.2. The summed E-state index contributed by atoms with van der Waals surface area (Å²) in [7, 11) is 0. The molecule has 0 fully saturated rings. The number of hydrogen-bond donors (Lipinski definition) is 0. The molecule has 0 amide bonds. The third-order valence-electron chi connectivity index (χ3n) is 11.9. The summed E-state index contributed by atoms with van der Waals surface area (Å²) in [6, 6.07) is 81.9. The van der Waals surface area contributed by atoms with Gasteiger partial charge in [-0.25, -0.2) is 15.0 Å². The first-order chi connectivity index (χ1) is 31.7. The zero-order valence-electron chi connectivity index (χ0n) is 35.2. The number of fused-ring (bicyclic) bond motifs is 1. The molecule has 0 N–H and O–H groups in total. The summed E-state index contributed by atoms with van der Waals surface area (Å²) in [6.07, 6.45) is 0. The fourth-order valence-corrected chi connectivity index (χ4v) is 9.91. The quantitative estimate of drug-likeness (QED) is 0.145. The summed E-state index contributed by atoms with van der Waals surface area (Å²) in [4.78, 5) is 16.8. The molecule has 302 valence electrons. The number of aromatic nitrogens is 3. The van der Waals surface area contributed by atoms with E-state index in [1.165, 1.54) is 43.5 Å². The fourth-order valence-electron chi connectivity index (χ4n) is 8.91. The average Bonchev–Trinajstić information content (AvgIpc) is 3.82. The minimum atomic E-state index is 0.630. The van der Waals surface area contributed by atoms with Gasteiger partial charge in [0.2, 0.25) is 0 Å². The molecule has 0 spiro atoms. The van der Waals surface area contributed by atoms with Gasteiger partial charge in [0.15, 0.2) is 17.5 Å². The topological polar surface area (TPSA) is 38.7 Å². The van der Waals surface area contributed by atoms with Crippen LogP contribution in [-0.2, 0) is 0 Å². The first-order valence-corrected chi connectivity index (χ1v) is 22.4. The minimum absolute atomic E-state index is 0.630. The number of thiophene rings is 1. The van der Waals surface area contributed by atoms with E-state index in [0.29, 0.717) is 17.5 Å². The molecule has 0 bridgehead atoms. The minimum Gasteiger partial charge on any atom is -0.208 e. The van der Waals surface area contributed by atoms with Crippen LogP contribution in [0.25, 0.3) is 110 Å². The van der Waals surface area contributed by atoms with E-state index in [9.17, 15) is 0 Å². The molecular formula is C60H41N3S. The molecule has 0 aliphatic heterocycles. The van der Waals surface area contributed by atoms with E-state index >= 15 is 0 Å². The van der Waals surface area contributed by atoms with Gasteiger partial charge in [-0.2, -0.15) is 0 Å². The Balaban J connectivity index is 1.16. The smallest absolute Gasteiger partial charge is 0.174 e. The first-order valence-electron chi connectivity index (χ1n) is 21.6. The molecule has 0 saturated carbocycles. The standard InChI is InChI=1S/C60H41N3S/c1-40-37-47(58-61-59(50-33-19-18-32-49(50)41-21-7-2-8-22-41)63-60(62-58)54-38-46-31-17-20-34-53(46)64-54)35-36-48(40)57-52(43-25-11-4-12-26-43)39-51(42-23-9-3-10-24-42)55(44-27-13-5-14-28-44)56(57)45-29-15-6-16-30-45/h2-39H,1H3. The van der Waals surface area contributed by atoms with Crippen LogP contribution in [0, 0.1) is 6.92 Å². The van der Waals surface area contributed by atoms with Gasteiger partial charge in [0.1, 0.15) is 0 Å². The van der Waals surface area contributed by atoms with E-state index in [0.717, 1.165) is 54.9 Å². The van der Waals surface area contributed by atoms with Crippen molar-refractivity contribution in [2.75, 3.05) is 0 Å². The second kappa shape index (κ2) is 17.0. The van der Waals surface area contributed by atoms with Gasteiger partial charge >= 0.3 is 0 Å². The molecule has 11 rings (SSSR count). The van der Waals surface area contributed by atoms with Gasteiger partial charge in [-0.05, 0) is 109 Å². The van der Waals surface area contributed by atoms with E-state index in [2.05, 4.69) is 231 Å². The van der Waals surface area contributed by atoms with Crippen molar-refractivity contribution < 1.29 is 0 Å². The van der Waals surface area contributed by atoms with Crippen molar-refractivity contribution in [1.29, 1.82) is 0 Å². The van der Waals surface area contributed by atoms with Crippen LogP contribution in [0.5, 0.6) is 0 Å². The van der Waals surface area contributed by atoms with Gasteiger partial charge < -0.3 is 0 Å². The van der Waals surface area contributed by atoms with Crippen LogP contribution in [0.15, 0.2) is 231 Å². The Hall–Kier alpha value is -8.05. The number of benzene rings is 9. The molecule has 0 aliphatic rings. The molecule has 64 heavy (non-hydrogen) atoms. The maximum atomic E-state index is 5.29. The van der Waals surface area contributed by atoms with Gasteiger partial charge in [0.25, 0.3) is 0 Å². The van der Waals surface area contributed by atoms with Crippen LogP contribution in [0.3, 0.4) is 0 Å². The van der Waals surface area contributed by atoms with Crippen molar-refractivity contribution in [2.24, 2.45) is 0 Å². The summed E-state index contributed by atoms with van der Waals surface area (Å²) in [5, 5.41) is 1.17. The average molecular weight is 836 g/mol. The van der Waals surface area contributed by atoms with Crippen LogP contribution in [-0.4, -0.2) is 15.0 Å². The van der Waals surface area contributed by atoms with Crippen LogP contribution >= 0.6 is 11.3 Å². The summed E-state index contributed by atoms with van der Waals surface area (Å²) >= 11 is 1.71. The first kappa shape index (κ1) is 38.8. The third kappa shape index (κ3) is 7.40. The van der Waals surface area contributed by atoms with Crippen molar-refractivity contribution in [3.8, 4) is 100 Å². The van der Waals surface area contributed by atoms with Gasteiger partial charge in [-0.15, -0.1) is 11.3 Å². The van der Waals surface area contributed by atoms with Crippen molar-refractivity contribution in [3.05, 3.63) is 236 Å². The molecule has 11 aromatic rings. The van der Waals surface area contributed by atoms with Crippen molar-refractivity contribution in [2.45, 2.75) is 6.92 Å². The molecule has 3 nitrogen and oxygen atoms in total. The fraction of sp³-hybridized carbons (Fsp3) is 0.0167. The molecule has 0 atom stereocenters. The van der Waals surface area contributed by atoms with E-state index in [1.54, 1.807) is 11.3 Å². The number of aryl methyl sites for hydroxylation is 1. The Bertz CT molecular complexity index is 3390. The maximum absolute atomic E-state index is 5.29. The van der Waals surface area contributed by atoms with E-state index in [-0.39, 0.29) is 0 Å². The summed E-state index contributed by atoms with van der Waals surface area (Å²) < 4.78 is 1.20. The van der Waals surface area contributed by atoms with Gasteiger partial charge in [0.05, 0.1) is 4.88 Å². The number of nitrogens with zero attached hydrogens (tertiary/aromatic N) is 3. The zero-order valence-corrected chi connectivity index (χ0v) is 36.0. The van der Waals surface area contributed by atoms with Crippen molar-refractivity contribution in [3.63, 3.8) is 0 Å². The predicted molar refractivity (Wildman–Crippen MR) is 269 cm³/mol. The third-order valence-corrected chi connectivity index (χ3v) is 13.0. The lowest BCUT2D eigenvalue weighted by atomic mass is 9.78. The maximum Gasteiger partial charge on any atom is 0.174 e. The van der Waals surface area contributed by atoms with Crippen LogP contribution < -0.4 is 0 Å². The highest BCUT2D eigenvalue weighted by atomic mass is 32.1. The Labute approximate surface area is 377 Å². The predicted octanol–water partition coefficient (Wildman–Crippen LogP) is 16.4. The van der Waals surface area contributed by atoms with Gasteiger partial charge in [-0.1, -0.05) is 206 Å². The molecular weight excluding hydrogens is 795 g/mol. The second-order valence-electron chi connectivity index (χ2n) is 16.0. The summed E-state index contributed by atoms with van der Waals surface area (Å²) in [5.41, 5.74) is 16.9. The van der Waals surface area contributed by atoms with E-state index in [1.807, 2.05) is 6.07 Å². The molecule has 9 aromatic carbocycles. The molecule has 2 aromatic heterocycles. The van der Waals surface area contributed by atoms with Crippen molar-refractivity contribution in [1.82, 2.24) is 15.0 Å². The largest absolute Gasteiger partial charge is 0.208 e. The molecule has 0 aliphatic carbocycles. The lowest BCUT2D eigenvalue weighted by Crippen LogP contribution is -2.01. The highest BCUT2D eigenvalue weighted by Crippen LogP contribution is 2.51. The SMILES string of the molecule is Cc1cc(-c2nc(-c3cc4ccccc4s3)nc(-c3ccccc3-c3ccccc3)n2)ccc1-c1c(-c2ccccc2)cc(-c2ccccc2)c(-c2ccccc2)c1-c1ccccc1. The number of rotatable bonds is 9. The van der Waals surface area contributed by atoms with Crippen molar-refractivity contribution >= 4 is 21.4 Å². The summed E-state index contributed by atoms with van der Waals surface area (Å²) in [5.74, 6) is 1.93. The van der Waals surface area contributed by atoms with Gasteiger partial charge in [0, 0.05) is 15.8 Å². The Morgan fingerprint density at radius 2 is 0.766 bits per heavy atom. The second-order valence-corrected chi connectivity index (χ2v) is 17.0. The Kier molecular flexibility index (Phi) is 10.3. The Morgan fingerprint density at radius 1 is 0.297 bits per heavy atom. The summed E-state index contributed by atoms with van der Waals surface area (Å²) in [6.45, 7) is 2.22. The lowest BCUT2D eigenvalue weighted by molar-refractivity contribution is 1.08. The monoisotopic (exact) mass is 835 g/mol. The highest BCUT2D eigenvalue weighted by molar-refractivity contribution is 7.22. The Morgan fingerprint density at radius 3 is 1.36 bits per heavy atom. The van der Waals surface area contributed by atoms with Crippen LogP contribution in [0.4, 0.5) is 0 Å². The van der Waals surface area contributed by atoms with E-state index < -0.39 is 0 Å². The van der Waals surface area contributed by atoms with Gasteiger partial charge in [-0.3, -0.25) is 0 Å². The molecule has 0 unspecified atom stereocenters. The zero-order chi connectivity index (χ0) is 42.8. The van der Waals surface area contributed by atoms with Crippen LogP contribution in [0.2, 0.25) is 0 Å². The highest BCUT2D eigenvalue weighted by Gasteiger charge is 2.25. The van der Waals surface area contributed by atoms with Crippen LogP contribution in [0.1, 0.15) is 5.56 Å². The lowest BCUT2D eigenvalue weighted by Gasteiger charge is -2.25.